The van der Waals surface area contributed by atoms with Crippen LogP contribution in [0.4, 0.5) is 4.39 Å². The van der Waals surface area contributed by atoms with E-state index in [4.69, 9.17) is 0 Å². The monoisotopic (exact) mass is 247 g/mol. The Kier molecular flexibility index (Phi) is 2.83. The molecular formula is C13H14FN3O. The van der Waals surface area contributed by atoms with Crippen LogP contribution in [0, 0.1) is 11.7 Å². The Balaban J connectivity index is 2.03. The molecule has 1 saturated heterocycles. The van der Waals surface area contributed by atoms with Gasteiger partial charge in [0.05, 0.1) is 0 Å². The number of nitrogens with one attached hydrogen (secondary N) is 1. The van der Waals surface area contributed by atoms with Gasteiger partial charge in [0.25, 0.3) is 5.56 Å². The summed E-state index contributed by atoms with van der Waals surface area (Å²) >= 11 is 0. The Morgan fingerprint density at radius 1 is 1.56 bits per heavy atom. The van der Waals surface area contributed by atoms with Crippen LogP contribution in [0.1, 0.15) is 12.1 Å². The first-order valence-electron chi connectivity index (χ1n) is 6.11. The molecule has 0 aliphatic carbocycles. The minimum atomic E-state index is -0.457. The van der Waals surface area contributed by atoms with Gasteiger partial charge in [-0.1, -0.05) is 0 Å². The quantitative estimate of drug-likeness (QED) is 0.860. The highest BCUT2D eigenvalue weighted by Crippen LogP contribution is 2.14. The standard InChI is InChI=1S/C13H14FN3O/c14-11-2-1-5-17-12(18)7-10(16-13(11)17)6-9-3-4-15-8-9/h1-2,5,7,9,15H,3-4,6,8H2. The van der Waals surface area contributed by atoms with Crippen molar-refractivity contribution >= 4 is 5.65 Å². The van der Waals surface area contributed by atoms with E-state index in [1.807, 2.05) is 0 Å². The van der Waals surface area contributed by atoms with E-state index in [1.165, 1.54) is 28.8 Å². The van der Waals surface area contributed by atoms with Gasteiger partial charge in [-0.15, -0.1) is 0 Å². The fraction of sp³-hybridized carbons (Fsp3) is 0.385. The van der Waals surface area contributed by atoms with Crippen LogP contribution in [-0.4, -0.2) is 22.5 Å². The van der Waals surface area contributed by atoms with Crippen LogP contribution in [0.15, 0.2) is 29.2 Å². The molecule has 1 N–H and O–H groups in total. The Bertz CT molecular complexity index is 632. The van der Waals surface area contributed by atoms with Gasteiger partial charge in [-0.2, -0.15) is 0 Å². The lowest BCUT2D eigenvalue weighted by Gasteiger charge is -2.08. The highest BCUT2D eigenvalue weighted by molar-refractivity contribution is 5.40. The summed E-state index contributed by atoms with van der Waals surface area (Å²) in [5, 5.41) is 3.27. The molecule has 0 aromatic carbocycles. The van der Waals surface area contributed by atoms with Crippen molar-refractivity contribution in [2.75, 3.05) is 13.1 Å². The van der Waals surface area contributed by atoms with E-state index < -0.39 is 5.82 Å². The number of pyridine rings is 1. The van der Waals surface area contributed by atoms with Gasteiger partial charge in [-0.25, -0.2) is 9.37 Å². The SMILES string of the molecule is O=c1cc(CC2CCNC2)nc2c(F)cccn12. The summed E-state index contributed by atoms with van der Waals surface area (Å²) in [5.74, 6) is 0.0344. The summed E-state index contributed by atoms with van der Waals surface area (Å²) in [6.07, 6.45) is 3.35. The molecular weight excluding hydrogens is 233 g/mol. The molecule has 2 aromatic heterocycles. The van der Waals surface area contributed by atoms with Crippen molar-refractivity contribution in [1.82, 2.24) is 14.7 Å². The molecule has 2 aromatic rings. The first-order valence-corrected chi connectivity index (χ1v) is 6.11. The Hall–Kier alpha value is -1.75. The van der Waals surface area contributed by atoms with Crippen LogP contribution in [0.25, 0.3) is 5.65 Å². The zero-order valence-electron chi connectivity index (χ0n) is 9.90. The minimum Gasteiger partial charge on any atom is -0.316 e. The molecule has 5 heteroatoms. The second-order valence-corrected chi connectivity index (χ2v) is 4.70. The van der Waals surface area contributed by atoms with Crippen molar-refractivity contribution in [3.05, 3.63) is 46.3 Å². The van der Waals surface area contributed by atoms with Gasteiger partial charge in [0.2, 0.25) is 0 Å². The number of rotatable bonds is 2. The topological polar surface area (TPSA) is 46.4 Å². The predicted molar refractivity (Wildman–Crippen MR) is 66.1 cm³/mol. The smallest absolute Gasteiger partial charge is 0.258 e. The van der Waals surface area contributed by atoms with Crippen LogP contribution >= 0.6 is 0 Å². The summed E-state index contributed by atoms with van der Waals surface area (Å²) in [6, 6.07) is 4.33. The molecule has 1 aliphatic heterocycles. The maximum atomic E-state index is 13.6. The number of hydrogen-bond donors (Lipinski definition) is 1. The highest BCUT2D eigenvalue weighted by Gasteiger charge is 2.16. The fourth-order valence-electron chi connectivity index (χ4n) is 2.43. The largest absolute Gasteiger partial charge is 0.316 e. The van der Waals surface area contributed by atoms with Crippen LogP contribution < -0.4 is 10.9 Å². The normalized spacial score (nSPS) is 19.5. The van der Waals surface area contributed by atoms with Crippen molar-refractivity contribution in [3.63, 3.8) is 0 Å². The van der Waals surface area contributed by atoms with Gasteiger partial charge in [0.15, 0.2) is 11.5 Å². The number of nitrogens with zero attached hydrogens (tertiary/aromatic N) is 2. The third kappa shape index (κ3) is 2.01. The van der Waals surface area contributed by atoms with E-state index >= 15 is 0 Å². The Morgan fingerprint density at radius 2 is 2.44 bits per heavy atom. The Labute approximate surface area is 103 Å². The second kappa shape index (κ2) is 4.49. The van der Waals surface area contributed by atoms with Crippen molar-refractivity contribution in [1.29, 1.82) is 0 Å². The molecule has 0 bridgehead atoms. The van der Waals surface area contributed by atoms with Crippen molar-refractivity contribution in [2.24, 2.45) is 5.92 Å². The summed E-state index contributed by atoms with van der Waals surface area (Å²) in [6.45, 7) is 1.95. The van der Waals surface area contributed by atoms with Crippen LogP contribution in [0.2, 0.25) is 0 Å². The molecule has 3 heterocycles. The lowest BCUT2D eigenvalue weighted by Crippen LogP contribution is -2.18. The molecule has 1 atom stereocenters. The molecule has 0 radical (unpaired) electrons. The first-order chi connectivity index (χ1) is 8.74. The molecule has 0 saturated carbocycles. The zero-order valence-corrected chi connectivity index (χ0v) is 9.90. The summed E-state index contributed by atoms with van der Waals surface area (Å²) in [4.78, 5) is 16.1. The van der Waals surface area contributed by atoms with Crippen LogP contribution in [-0.2, 0) is 6.42 Å². The third-order valence-electron chi connectivity index (χ3n) is 3.36. The zero-order chi connectivity index (χ0) is 12.5. The van der Waals surface area contributed by atoms with E-state index in [9.17, 15) is 9.18 Å². The fourth-order valence-corrected chi connectivity index (χ4v) is 2.43. The number of aromatic nitrogens is 2. The van der Waals surface area contributed by atoms with Crippen molar-refractivity contribution < 1.29 is 4.39 Å². The van der Waals surface area contributed by atoms with E-state index in [0.717, 1.165) is 25.9 Å². The lowest BCUT2D eigenvalue weighted by molar-refractivity contribution is 0.568. The van der Waals surface area contributed by atoms with Gasteiger partial charge in [-0.3, -0.25) is 9.20 Å². The van der Waals surface area contributed by atoms with Gasteiger partial charge in [0, 0.05) is 18.0 Å². The first kappa shape index (κ1) is 11.3. The van der Waals surface area contributed by atoms with Gasteiger partial charge >= 0.3 is 0 Å². The second-order valence-electron chi connectivity index (χ2n) is 4.70. The highest BCUT2D eigenvalue weighted by atomic mass is 19.1. The molecule has 94 valence electrons. The number of hydrogen-bond acceptors (Lipinski definition) is 3. The maximum absolute atomic E-state index is 13.6. The summed E-state index contributed by atoms with van der Waals surface area (Å²) < 4.78 is 14.9. The summed E-state index contributed by atoms with van der Waals surface area (Å²) in [7, 11) is 0. The third-order valence-corrected chi connectivity index (χ3v) is 3.36. The molecule has 0 amide bonds. The summed E-state index contributed by atoms with van der Waals surface area (Å²) in [5.41, 5.74) is 0.574. The molecule has 4 nitrogen and oxygen atoms in total. The molecule has 18 heavy (non-hydrogen) atoms. The molecule has 0 spiro atoms. The van der Waals surface area contributed by atoms with Gasteiger partial charge in [-0.05, 0) is 44.0 Å². The van der Waals surface area contributed by atoms with E-state index in [1.54, 1.807) is 0 Å². The molecule has 1 aliphatic rings. The van der Waals surface area contributed by atoms with Crippen molar-refractivity contribution in [2.45, 2.75) is 12.8 Å². The van der Waals surface area contributed by atoms with Gasteiger partial charge in [0.1, 0.15) is 0 Å². The lowest BCUT2D eigenvalue weighted by atomic mass is 10.0. The van der Waals surface area contributed by atoms with Crippen LogP contribution in [0.5, 0.6) is 0 Å². The van der Waals surface area contributed by atoms with E-state index in [-0.39, 0.29) is 11.2 Å². The van der Waals surface area contributed by atoms with Crippen LogP contribution in [0.3, 0.4) is 0 Å². The molecule has 3 rings (SSSR count). The average molecular weight is 247 g/mol. The number of fused-ring (bicyclic) bond motifs is 1. The van der Waals surface area contributed by atoms with E-state index in [0.29, 0.717) is 11.6 Å². The molecule has 1 fully saturated rings. The average Bonchev–Trinajstić information content (AvgIpc) is 2.83. The predicted octanol–water partition coefficient (Wildman–Crippen LogP) is 0.986. The van der Waals surface area contributed by atoms with E-state index in [2.05, 4.69) is 10.3 Å². The maximum Gasteiger partial charge on any atom is 0.258 e. The minimum absolute atomic E-state index is 0.117. The van der Waals surface area contributed by atoms with Crippen molar-refractivity contribution in [3.8, 4) is 0 Å². The number of halogens is 1. The molecule has 1 unspecified atom stereocenters. The van der Waals surface area contributed by atoms with Gasteiger partial charge < -0.3 is 5.32 Å². The Morgan fingerprint density at radius 3 is 3.22 bits per heavy atom.